The summed E-state index contributed by atoms with van der Waals surface area (Å²) in [6, 6.07) is 11.3. The Morgan fingerprint density at radius 3 is 2.12 bits per heavy atom. The summed E-state index contributed by atoms with van der Waals surface area (Å²) in [6.07, 6.45) is -1.07. The van der Waals surface area contributed by atoms with Gasteiger partial charge in [-0.1, -0.05) is 30.3 Å². The minimum Gasteiger partial charge on any atom is -0.384 e. The van der Waals surface area contributed by atoms with E-state index in [1.54, 1.807) is 12.1 Å². The molecule has 0 radical (unpaired) electrons. The Morgan fingerprint density at radius 1 is 0.875 bits per heavy atom. The number of rotatable bonds is 2. The Morgan fingerprint density at radius 2 is 1.50 bits per heavy atom. The largest absolute Gasteiger partial charge is 0.384 e. The van der Waals surface area contributed by atoms with Gasteiger partial charge in [0, 0.05) is 5.56 Å². The summed E-state index contributed by atoms with van der Waals surface area (Å²) in [7, 11) is 0. The monoisotopic (exact) mass is 220 g/mol. The van der Waals surface area contributed by atoms with Gasteiger partial charge in [-0.05, 0) is 23.8 Å². The molecule has 1 unspecified atom stereocenters. The van der Waals surface area contributed by atoms with E-state index in [0.29, 0.717) is 5.56 Å². The Kier molecular flexibility index (Phi) is 2.97. The Balaban J connectivity index is 2.35. The van der Waals surface area contributed by atoms with Gasteiger partial charge in [-0.25, -0.2) is 8.78 Å². The number of halogens is 2. The van der Waals surface area contributed by atoms with E-state index < -0.39 is 11.9 Å². The average Bonchev–Trinajstić information content (AvgIpc) is 2.30. The topological polar surface area (TPSA) is 20.2 Å². The summed E-state index contributed by atoms with van der Waals surface area (Å²) < 4.78 is 26.0. The summed E-state index contributed by atoms with van der Waals surface area (Å²) in [5, 5.41) is 9.90. The molecule has 0 aliphatic carbocycles. The molecule has 0 saturated carbocycles. The third-order valence-electron chi connectivity index (χ3n) is 2.39. The van der Waals surface area contributed by atoms with Gasteiger partial charge in [0.1, 0.15) is 17.7 Å². The van der Waals surface area contributed by atoms with Gasteiger partial charge in [0.05, 0.1) is 0 Å². The first-order valence-electron chi connectivity index (χ1n) is 4.86. The molecular formula is C13H10F2O. The average molecular weight is 220 g/mol. The van der Waals surface area contributed by atoms with Crippen LogP contribution >= 0.6 is 0 Å². The summed E-state index contributed by atoms with van der Waals surface area (Å²) >= 11 is 0. The third-order valence-corrected chi connectivity index (χ3v) is 2.39. The highest BCUT2D eigenvalue weighted by atomic mass is 19.1. The maximum absolute atomic E-state index is 13.4. The van der Waals surface area contributed by atoms with Crippen molar-refractivity contribution in [2.75, 3.05) is 0 Å². The Labute approximate surface area is 92.0 Å². The van der Waals surface area contributed by atoms with E-state index in [-0.39, 0.29) is 11.4 Å². The van der Waals surface area contributed by atoms with Crippen molar-refractivity contribution in [3.63, 3.8) is 0 Å². The van der Waals surface area contributed by atoms with Crippen LogP contribution in [-0.4, -0.2) is 5.11 Å². The van der Waals surface area contributed by atoms with Crippen LogP contribution in [-0.2, 0) is 0 Å². The number of hydrogen-bond acceptors (Lipinski definition) is 1. The van der Waals surface area contributed by atoms with E-state index in [1.165, 1.54) is 36.4 Å². The smallest absolute Gasteiger partial charge is 0.129 e. The van der Waals surface area contributed by atoms with Gasteiger partial charge in [-0.15, -0.1) is 0 Å². The molecule has 0 aliphatic rings. The second-order valence-corrected chi connectivity index (χ2v) is 3.48. The molecule has 0 heterocycles. The number of hydrogen-bond donors (Lipinski definition) is 1. The molecule has 1 atom stereocenters. The van der Waals surface area contributed by atoms with Crippen molar-refractivity contribution in [3.05, 3.63) is 71.3 Å². The summed E-state index contributed by atoms with van der Waals surface area (Å²) in [5.41, 5.74) is 0.653. The quantitative estimate of drug-likeness (QED) is 0.824. The standard InChI is InChI=1S/C13H10F2O/c14-10-7-5-9(6-8-10)13(16)11-3-1-2-4-12(11)15/h1-8,13,16H. The minimum absolute atomic E-state index is 0.189. The first-order chi connectivity index (χ1) is 7.68. The molecule has 1 N–H and O–H groups in total. The van der Waals surface area contributed by atoms with Crippen LogP contribution in [0.2, 0.25) is 0 Å². The number of aliphatic hydroxyl groups excluding tert-OH is 1. The molecule has 2 aromatic carbocycles. The molecule has 3 heteroatoms. The van der Waals surface area contributed by atoms with Crippen LogP contribution in [0.4, 0.5) is 8.78 Å². The predicted molar refractivity (Wildman–Crippen MR) is 56.9 cm³/mol. The summed E-state index contributed by atoms with van der Waals surface area (Å²) in [5.74, 6) is -0.858. The van der Waals surface area contributed by atoms with Crippen LogP contribution in [0.15, 0.2) is 48.5 Å². The zero-order valence-corrected chi connectivity index (χ0v) is 8.40. The van der Waals surface area contributed by atoms with Crippen LogP contribution in [0.1, 0.15) is 17.2 Å². The normalized spacial score (nSPS) is 12.4. The SMILES string of the molecule is OC(c1ccc(F)cc1)c1ccccc1F. The van der Waals surface area contributed by atoms with Crippen molar-refractivity contribution < 1.29 is 13.9 Å². The predicted octanol–water partition coefficient (Wildman–Crippen LogP) is 3.05. The van der Waals surface area contributed by atoms with E-state index in [0.717, 1.165) is 0 Å². The lowest BCUT2D eigenvalue weighted by Crippen LogP contribution is -2.02. The van der Waals surface area contributed by atoms with Crippen LogP contribution in [0.25, 0.3) is 0 Å². The van der Waals surface area contributed by atoms with Crippen molar-refractivity contribution in [2.24, 2.45) is 0 Å². The van der Waals surface area contributed by atoms with E-state index >= 15 is 0 Å². The fourth-order valence-corrected chi connectivity index (χ4v) is 1.52. The molecule has 0 bridgehead atoms. The van der Waals surface area contributed by atoms with E-state index in [4.69, 9.17) is 0 Å². The van der Waals surface area contributed by atoms with Gasteiger partial charge >= 0.3 is 0 Å². The van der Waals surface area contributed by atoms with Gasteiger partial charge in [-0.3, -0.25) is 0 Å². The van der Waals surface area contributed by atoms with Crippen molar-refractivity contribution in [1.82, 2.24) is 0 Å². The number of benzene rings is 2. The van der Waals surface area contributed by atoms with Gasteiger partial charge < -0.3 is 5.11 Å². The molecule has 82 valence electrons. The van der Waals surface area contributed by atoms with E-state index in [9.17, 15) is 13.9 Å². The highest BCUT2D eigenvalue weighted by molar-refractivity contribution is 5.30. The third kappa shape index (κ3) is 2.09. The number of aliphatic hydroxyl groups is 1. The van der Waals surface area contributed by atoms with Crippen molar-refractivity contribution in [2.45, 2.75) is 6.10 Å². The summed E-state index contributed by atoms with van der Waals surface area (Å²) in [6.45, 7) is 0. The first-order valence-corrected chi connectivity index (χ1v) is 4.86. The Hall–Kier alpha value is -1.74. The van der Waals surface area contributed by atoms with Crippen LogP contribution in [0.3, 0.4) is 0 Å². The van der Waals surface area contributed by atoms with Gasteiger partial charge in [0.2, 0.25) is 0 Å². The molecule has 0 saturated heterocycles. The van der Waals surface area contributed by atoms with Crippen LogP contribution in [0, 0.1) is 11.6 Å². The molecule has 0 fully saturated rings. The lowest BCUT2D eigenvalue weighted by atomic mass is 10.0. The second-order valence-electron chi connectivity index (χ2n) is 3.48. The molecule has 2 rings (SSSR count). The van der Waals surface area contributed by atoms with Gasteiger partial charge in [-0.2, -0.15) is 0 Å². The van der Waals surface area contributed by atoms with E-state index in [2.05, 4.69) is 0 Å². The molecule has 0 amide bonds. The van der Waals surface area contributed by atoms with Gasteiger partial charge in [0.25, 0.3) is 0 Å². The lowest BCUT2D eigenvalue weighted by Gasteiger charge is -2.11. The minimum atomic E-state index is -1.07. The van der Waals surface area contributed by atoms with Crippen molar-refractivity contribution in [1.29, 1.82) is 0 Å². The zero-order valence-electron chi connectivity index (χ0n) is 8.40. The Bertz CT molecular complexity index is 480. The maximum atomic E-state index is 13.4. The molecule has 0 spiro atoms. The van der Waals surface area contributed by atoms with E-state index in [1.807, 2.05) is 0 Å². The summed E-state index contributed by atoms with van der Waals surface area (Å²) in [4.78, 5) is 0. The first kappa shape index (κ1) is 10.8. The fourth-order valence-electron chi connectivity index (χ4n) is 1.52. The molecule has 2 aromatic rings. The van der Waals surface area contributed by atoms with Crippen LogP contribution < -0.4 is 0 Å². The highest BCUT2D eigenvalue weighted by Gasteiger charge is 2.13. The van der Waals surface area contributed by atoms with Gasteiger partial charge in [0.15, 0.2) is 0 Å². The second kappa shape index (κ2) is 4.41. The van der Waals surface area contributed by atoms with Crippen LogP contribution in [0.5, 0.6) is 0 Å². The molecule has 0 aliphatic heterocycles. The maximum Gasteiger partial charge on any atom is 0.129 e. The lowest BCUT2D eigenvalue weighted by molar-refractivity contribution is 0.215. The fraction of sp³-hybridized carbons (Fsp3) is 0.0769. The molecular weight excluding hydrogens is 210 g/mol. The highest BCUT2D eigenvalue weighted by Crippen LogP contribution is 2.23. The molecule has 0 aromatic heterocycles. The zero-order chi connectivity index (χ0) is 11.5. The van der Waals surface area contributed by atoms with Crippen molar-refractivity contribution in [3.8, 4) is 0 Å². The molecule has 1 nitrogen and oxygen atoms in total. The molecule has 16 heavy (non-hydrogen) atoms. The van der Waals surface area contributed by atoms with Crippen molar-refractivity contribution >= 4 is 0 Å².